The predicted molar refractivity (Wildman–Crippen MR) is 128 cm³/mol. The van der Waals surface area contributed by atoms with E-state index in [2.05, 4.69) is 70.9 Å². The zero-order valence-electron chi connectivity index (χ0n) is 20.8. The maximum atomic E-state index is 12.5. The number of piperidine rings is 1. The average Bonchev–Trinajstić information content (AvgIpc) is 2.75. The van der Waals surface area contributed by atoms with Crippen LogP contribution in [-0.4, -0.2) is 28.2 Å². The Labute approximate surface area is 190 Å². The number of benzene rings is 1. The fourth-order valence-electron chi connectivity index (χ4n) is 5.09. The first-order chi connectivity index (χ1) is 14.8. The SMILES string of the molecule is CCCCCCCC(=O)OC1CC(C)(C)N(OC(C)c2ccccc2)C(CC)(CC)C1. The van der Waals surface area contributed by atoms with Gasteiger partial charge in [-0.25, -0.2) is 0 Å². The molecular weight excluding hydrogens is 386 g/mol. The Morgan fingerprint density at radius 1 is 1.03 bits per heavy atom. The van der Waals surface area contributed by atoms with Crippen LogP contribution in [-0.2, 0) is 14.4 Å². The number of rotatable bonds is 12. The molecule has 176 valence electrons. The minimum absolute atomic E-state index is 0.0276. The van der Waals surface area contributed by atoms with Crippen LogP contribution < -0.4 is 0 Å². The van der Waals surface area contributed by atoms with Crippen LogP contribution >= 0.6 is 0 Å². The zero-order chi connectivity index (χ0) is 22.9. The third-order valence-corrected chi connectivity index (χ3v) is 6.95. The molecule has 1 aromatic rings. The standard InChI is InChI=1S/C27H45NO3/c1-7-10-11-12-16-19-25(29)30-24-20-26(5,6)28(27(8-2,9-3)21-24)31-22(4)23-17-14-13-15-18-23/h13-15,17-18,22,24H,7-12,16,19-21H2,1-6H3. The molecule has 0 aliphatic carbocycles. The van der Waals surface area contributed by atoms with Crippen molar-refractivity contribution in [2.24, 2.45) is 0 Å². The Hall–Kier alpha value is -1.39. The summed E-state index contributed by atoms with van der Waals surface area (Å²) >= 11 is 0. The fraction of sp³-hybridized carbons (Fsp3) is 0.741. The van der Waals surface area contributed by atoms with Gasteiger partial charge in [0.25, 0.3) is 0 Å². The van der Waals surface area contributed by atoms with Crippen LogP contribution in [0.1, 0.15) is 117 Å². The zero-order valence-corrected chi connectivity index (χ0v) is 20.8. The highest BCUT2D eigenvalue weighted by atomic mass is 16.7. The monoisotopic (exact) mass is 431 g/mol. The first-order valence-corrected chi connectivity index (χ1v) is 12.5. The van der Waals surface area contributed by atoms with Crippen molar-refractivity contribution in [3.8, 4) is 0 Å². The van der Waals surface area contributed by atoms with Crippen LogP contribution in [0.5, 0.6) is 0 Å². The highest BCUT2D eigenvalue weighted by Gasteiger charge is 2.51. The first kappa shape index (κ1) is 25.9. The molecule has 1 aliphatic heterocycles. The van der Waals surface area contributed by atoms with Crippen LogP contribution in [0.2, 0.25) is 0 Å². The summed E-state index contributed by atoms with van der Waals surface area (Å²) in [5, 5.41) is 2.24. The van der Waals surface area contributed by atoms with Gasteiger partial charge >= 0.3 is 5.97 Å². The second-order valence-electron chi connectivity index (χ2n) is 9.88. The number of hydroxylamine groups is 2. The number of nitrogens with zero attached hydrogens (tertiary/aromatic N) is 1. The summed E-state index contributed by atoms with van der Waals surface area (Å²) in [7, 11) is 0. The summed E-state index contributed by atoms with van der Waals surface area (Å²) in [6.45, 7) is 13.2. The van der Waals surface area contributed by atoms with Gasteiger partial charge in [-0.3, -0.25) is 9.63 Å². The van der Waals surface area contributed by atoms with E-state index in [9.17, 15) is 4.79 Å². The molecule has 4 nitrogen and oxygen atoms in total. The normalized spacial score (nSPS) is 21.5. The van der Waals surface area contributed by atoms with Gasteiger partial charge in [0.2, 0.25) is 0 Å². The third-order valence-electron chi connectivity index (χ3n) is 6.95. The first-order valence-electron chi connectivity index (χ1n) is 12.5. The summed E-state index contributed by atoms with van der Waals surface area (Å²) in [6, 6.07) is 10.4. The van der Waals surface area contributed by atoms with E-state index in [1.165, 1.54) is 24.8 Å². The average molecular weight is 432 g/mol. The predicted octanol–water partition coefficient (Wildman–Crippen LogP) is 7.38. The Balaban J connectivity index is 2.05. The Kier molecular flexibility index (Phi) is 10.0. The summed E-state index contributed by atoms with van der Waals surface area (Å²) in [5.74, 6) is -0.0366. The molecule has 2 unspecified atom stereocenters. The number of hydrogen-bond donors (Lipinski definition) is 0. The van der Waals surface area contributed by atoms with Gasteiger partial charge in [-0.15, -0.1) is 0 Å². The van der Waals surface area contributed by atoms with Gasteiger partial charge in [0.15, 0.2) is 0 Å². The molecule has 2 atom stereocenters. The largest absolute Gasteiger partial charge is 0.462 e. The van der Waals surface area contributed by atoms with E-state index < -0.39 is 0 Å². The lowest BCUT2D eigenvalue weighted by atomic mass is 9.75. The van der Waals surface area contributed by atoms with Gasteiger partial charge in [0.1, 0.15) is 12.2 Å². The highest BCUT2D eigenvalue weighted by molar-refractivity contribution is 5.69. The summed E-state index contributed by atoms with van der Waals surface area (Å²) < 4.78 is 6.01. The molecule has 1 fully saturated rings. The maximum absolute atomic E-state index is 12.5. The van der Waals surface area contributed by atoms with Crippen molar-refractivity contribution in [3.63, 3.8) is 0 Å². The molecule has 4 heteroatoms. The van der Waals surface area contributed by atoms with Gasteiger partial charge in [0.05, 0.1) is 0 Å². The van der Waals surface area contributed by atoms with Gasteiger partial charge < -0.3 is 4.74 Å². The minimum Gasteiger partial charge on any atom is -0.462 e. The molecule has 0 amide bonds. The molecule has 2 rings (SSSR count). The third kappa shape index (κ3) is 7.05. The lowest BCUT2D eigenvalue weighted by molar-refractivity contribution is -0.323. The van der Waals surface area contributed by atoms with Crippen molar-refractivity contribution in [1.29, 1.82) is 0 Å². The van der Waals surface area contributed by atoms with Crippen LogP contribution in [0, 0.1) is 0 Å². The van der Waals surface area contributed by atoms with Crippen LogP contribution in [0.15, 0.2) is 30.3 Å². The molecule has 0 spiro atoms. The van der Waals surface area contributed by atoms with Gasteiger partial charge in [-0.05, 0) is 45.6 Å². The Morgan fingerprint density at radius 3 is 2.29 bits per heavy atom. The van der Waals surface area contributed by atoms with E-state index in [0.29, 0.717) is 6.42 Å². The highest BCUT2D eigenvalue weighted by Crippen LogP contribution is 2.45. The molecule has 0 radical (unpaired) electrons. The number of ether oxygens (including phenoxy) is 1. The lowest BCUT2D eigenvalue weighted by Crippen LogP contribution is -2.64. The van der Waals surface area contributed by atoms with E-state index in [0.717, 1.165) is 38.5 Å². The summed E-state index contributed by atoms with van der Waals surface area (Å²) in [6.07, 6.45) is 9.72. The van der Waals surface area contributed by atoms with Gasteiger partial charge in [-0.2, -0.15) is 5.06 Å². The molecule has 0 saturated carbocycles. The van der Waals surface area contributed by atoms with Crippen LogP contribution in [0.4, 0.5) is 0 Å². The quantitative estimate of drug-likeness (QED) is 0.255. The summed E-state index contributed by atoms with van der Waals surface area (Å²) in [5.41, 5.74) is 0.812. The van der Waals surface area contributed by atoms with Gasteiger partial charge in [0, 0.05) is 30.3 Å². The molecule has 0 aromatic heterocycles. The van der Waals surface area contributed by atoms with E-state index in [1.54, 1.807) is 0 Å². The Morgan fingerprint density at radius 2 is 1.68 bits per heavy atom. The minimum atomic E-state index is -0.223. The summed E-state index contributed by atoms with van der Waals surface area (Å²) in [4.78, 5) is 19.2. The van der Waals surface area contributed by atoms with E-state index >= 15 is 0 Å². The Bertz CT molecular complexity index is 654. The maximum Gasteiger partial charge on any atom is 0.306 e. The topological polar surface area (TPSA) is 38.8 Å². The molecule has 0 bridgehead atoms. The molecule has 1 aliphatic rings. The molecular formula is C27H45NO3. The van der Waals surface area contributed by atoms with Crippen molar-refractivity contribution < 1.29 is 14.4 Å². The number of carbonyl (C=O) groups excluding carboxylic acids is 1. The number of unbranched alkanes of at least 4 members (excludes halogenated alkanes) is 4. The van der Waals surface area contributed by atoms with E-state index in [1.807, 2.05) is 6.07 Å². The fourth-order valence-corrected chi connectivity index (χ4v) is 5.09. The van der Waals surface area contributed by atoms with Crippen molar-refractivity contribution in [2.45, 2.75) is 129 Å². The van der Waals surface area contributed by atoms with Crippen LogP contribution in [0.3, 0.4) is 0 Å². The molecule has 31 heavy (non-hydrogen) atoms. The van der Waals surface area contributed by atoms with Crippen molar-refractivity contribution in [3.05, 3.63) is 35.9 Å². The molecule has 1 saturated heterocycles. The lowest BCUT2D eigenvalue weighted by Gasteiger charge is -2.56. The molecule has 0 N–H and O–H groups in total. The van der Waals surface area contributed by atoms with Crippen LogP contribution in [0.25, 0.3) is 0 Å². The molecule has 1 heterocycles. The van der Waals surface area contributed by atoms with Crippen molar-refractivity contribution in [2.75, 3.05) is 0 Å². The number of esters is 1. The second-order valence-corrected chi connectivity index (χ2v) is 9.88. The van der Waals surface area contributed by atoms with E-state index in [4.69, 9.17) is 9.57 Å². The van der Waals surface area contributed by atoms with Crippen molar-refractivity contribution >= 4 is 5.97 Å². The van der Waals surface area contributed by atoms with Gasteiger partial charge in [-0.1, -0.05) is 76.8 Å². The number of hydrogen-bond acceptors (Lipinski definition) is 4. The number of carbonyl (C=O) groups is 1. The smallest absolute Gasteiger partial charge is 0.306 e. The second kappa shape index (κ2) is 12.0. The van der Waals surface area contributed by atoms with Crippen molar-refractivity contribution in [1.82, 2.24) is 5.06 Å². The molecule has 1 aromatic carbocycles. The van der Waals surface area contributed by atoms with E-state index in [-0.39, 0.29) is 29.3 Å².